The molecular formula is C17H12NO5-. The van der Waals surface area contributed by atoms with Gasteiger partial charge >= 0.3 is 0 Å². The molecular weight excluding hydrogens is 298 g/mol. The third-order valence-electron chi connectivity index (χ3n) is 3.10. The molecule has 0 aliphatic carbocycles. The number of carbonyl (C=O) groups excluding carboxylic acids is 2. The summed E-state index contributed by atoms with van der Waals surface area (Å²) in [6.45, 7) is -0.555. The summed E-state index contributed by atoms with van der Waals surface area (Å²) in [5, 5.41) is 13.9. The van der Waals surface area contributed by atoms with E-state index in [0.29, 0.717) is 17.0 Å². The minimum atomic E-state index is -1.32. The first kappa shape index (κ1) is 14.6. The molecule has 6 heteroatoms. The maximum Gasteiger partial charge on any atom is 0.291 e. The van der Waals surface area contributed by atoms with E-state index in [1.54, 1.807) is 30.3 Å². The molecule has 0 aliphatic heterocycles. The summed E-state index contributed by atoms with van der Waals surface area (Å²) in [5.74, 6) is -1.22. The van der Waals surface area contributed by atoms with Crippen LogP contribution >= 0.6 is 0 Å². The molecule has 3 aromatic rings. The van der Waals surface area contributed by atoms with Gasteiger partial charge in [-0.2, -0.15) is 0 Å². The van der Waals surface area contributed by atoms with Gasteiger partial charge < -0.3 is 24.4 Å². The number of anilines is 1. The van der Waals surface area contributed by atoms with Gasteiger partial charge in [0.05, 0.1) is 5.97 Å². The predicted octanol–water partition coefficient (Wildman–Crippen LogP) is 1.81. The lowest BCUT2D eigenvalue weighted by Gasteiger charge is -2.08. The molecule has 6 nitrogen and oxygen atoms in total. The maximum absolute atomic E-state index is 12.2. The van der Waals surface area contributed by atoms with Gasteiger partial charge in [-0.1, -0.05) is 24.3 Å². The standard InChI is InChI=1S/C17H13NO5/c19-16(20)10-22-13-6-3-5-12(9-13)18-17(21)15-8-11-4-1-2-7-14(11)23-15/h1-9H,10H2,(H,18,21)(H,19,20)/p-1. The van der Waals surface area contributed by atoms with Gasteiger partial charge in [-0.25, -0.2) is 0 Å². The van der Waals surface area contributed by atoms with E-state index in [0.717, 1.165) is 5.39 Å². The Bertz CT molecular complexity index is 835. The second kappa shape index (κ2) is 6.23. The van der Waals surface area contributed by atoms with Gasteiger partial charge in [-0.3, -0.25) is 4.79 Å². The van der Waals surface area contributed by atoms with Crippen molar-refractivity contribution in [1.82, 2.24) is 0 Å². The van der Waals surface area contributed by atoms with Crippen molar-refractivity contribution in [2.75, 3.05) is 11.9 Å². The number of fused-ring (bicyclic) bond motifs is 1. The van der Waals surface area contributed by atoms with Crippen molar-refractivity contribution in [3.63, 3.8) is 0 Å². The van der Waals surface area contributed by atoms with Crippen molar-refractivity contribution in [3.05, 3.63) is 60.4 Å². The zero-order valence-electron chi connectivity index (χ0n) is 11.9. The lowest BCUT2D eigenvalue weighted by molar-refractivity contribution is -0.307. The highest BCUT2D eigenvalue weighted by molar-refractivity contribution is 6.04. The number of para-hydroxylation sites is 1. The topological polar surface area (TPSA) is 91.6 Å². The van der Waals surface area contributed by atoms with Crippen LogP contribution in [0, 0.1) is 0 Å². The Morgan fingerprint density at radius 2 is 1.91 bits per heavy atom. The van der Waals surface area contributed by atoms with Crippen LogP contribution in [-0.4, -0.2) is 18.5 Å². The quantitative estimate of drug-likeness (QED) is 0.776. The Hall–Kier alpha value is -3.28. The van der Waals surface area contributed by atoms with Gasteiger partial charge in [-0.15, -0.1) is 0 Å². The molecule has 0 radical (unpaired) electrons. The van der Waals surface area contributed by atoms with Crippen molar-refractivity contribution in [1.29, 1.82) is 0 Å². The van der Waals surface area contributed by atoms with E-state index in [-0.39, 0.29) is 5.76 Å². The van der Waals surface area contributed by atoms with Crippen LogP contribution in [0.4, 0.5) is 5.69 Å². The number of benzene rings is 2. The fraction of sp³-hybridized carbons (Fsp3) is 0.0588. The van der Waals surface area contributed by atoms with E-state index in [1.165, 1.54) is 6.07 Å². The summed E-state index contributed by atoms with van der Waals surface area (Å²) in [5.41, 5.74) is 1.09. The lowest BCUT2D eigenvalue weighted by Crippen LogP contribution is -2.28. The number of hydrogen-bond donors (Lipinski definition) is 1. The van der Waals surface area contributed by atoms with Gasteiger partial charge in [-0.05, 0) is 24.3 Å². The molecule has 3 rings (SSSR count). The van der Waals surface area contributed by atoms with Crippen molar-refractivity contribution >= 4 is 28.5 Å². The van der Waals surface area contributed by atoms with Crippen LogP contribution < -0.4 is 15.2 Å². The first-order chi connectivity index (χ1) is 11.1. The van der Waals surface area contributed by atoms with Crippen LogP contribution in [0.1, 0.15) is 10.6 Å². The van der Waals surface area contributed by atoms with E-state index in [9.17, 15) is 14.7 Å². The summed E-state index contributed by atoms with van der Waals surface area (Å²) >= 11 is 0. The fourth-order valence-electron chi connectivity index (χ4n) is 2.09. The number of amides is 1. The molecule has 0 atom stereocenters. The summed E-state index contributed by atoms with van der Waals surface area (Å²) in [4.78, 5) is 22.6. The molecule has 0 bridgehead atoms. The number of carbonyl (C=O) groups is 2. The summed E-state index contributed by atoms with van der Waals surface area (Å²) in [6, 6.07) is 15.4. The van der Waals surface area contributed by atoms with Gasteiger partial charge in [0.15, 0.2) is 5.76 Å². The predicted molar refractivity (Wildman–Crippen MR) is 81.1 cm³/mol. The second-order valence-electron chi connectivity index (χ2n) is 4.79. The third kappa shape index (κ3) is 3.49. The number of carboxylic acid groups (broad SMARTS) is 1. The molecule has 116 valence electrons. The molecule has 1 aromatic heterocycles. The van der Waals surface area contributed by atoms with Crippen LogP contribution in [0.25, 0.3) is 11.0 Å². The molecule has 1 heterocycles. The number of furan rings is 1. The minimum absolute atomic E-state index is 0.187. The van der Waals surface area contributed by atoms with Crippen LogP contribution in [-0.2, 0) is 4.79 Å². The van der Waals surface area contributed by atoms with E-state index in [1.807, 2.05) is 18.2 Å². The van der Waals surface area contributed by atoms with Crippen molar-refractivity contribution in [3.8, 4) is 5.75 Å². The average Bonchev–Trinajstić information content (AvgIpc) is 2.97. The highest BCUT2D eigenvalue weighted by Gasteiger charge is 2.12. The van der Waals surface area contributed by atoms with Gasteiger partial charge in [0.25, 0.3) is 5.91 Å². The maximum atomic E-state index is 12.2. The summed E-state index contributed by atoms with van der Waals surface area (Å²) in [7, 11) is 0. The lowest BCUT2D eigenvalue weighted by atomic mass is 10.2. The molecule has 1 amide bonds. The average molecular weight is 310 g/mol. The normalized spacial score (nSPS) is 10.4. The highest BCUT2D eigenvalue weighted by Crippen LogP contribution is 2.21. The molecule has 0 saturated heterocycles. The van der Waals surface area contributed by atoms with Crippen molar-refractivity contribution in [2.24, 2.45) is 0 Å². The third-order valence-corrected chi connectivity index (χ3v) is 3.10. The molecule has 23 heavy (non-hydrogen) atoms. The van der Waals surface area contributed by atoms with Crippen LogP contribution in [0.15, 0.2) is 59.0 Å². The van der Waals surface area contributed by atoms with Crippen LogP contribution in [0.3, 0.4) is 0 Å². The minimum Gasteiger partial charge on any atom is -0.546 e. The van der Waals surface area contributed by atoms with Crippen LogP contribution in [0.2, 0.25) is 0 Å². The summed E-state index contributed by atoms with van der Waals surface area (Å²) < 4.78 is 10.5. The Labute approximate surface area is 131 Å². The number of rotatable bonds is 5. The van der Waals surface area contributed by atoms with E-state index >= 15 is 0 Å². The zero-order valence-corrected chi connectivity index (χ0v) is 11.9. The van der Waals surface area contributed by atoms with E-state index < -0.39 is 18.5 Å². The molecule has 0 aliphatic rings. The fourth-order valence-corrected chi connectivity index (χ4v) is 2.09. The Kier molecular flexibility index (Phi) is 3.97. The molecule has 0 fully saturated rings. The largest absolute Gasteiger partial charge is 0.546 e. The zero-order chi connectivity index (χ0) is 16.2. The molecule has 0 unspecified atom stereocenters. The molecule has 1 N–H and O–H groups in total. The van der Waals surface area contributed by atoms with Crippen molar-refractivity contribution < 1.29 is 23.8 Å². The van der Waals surface area contributed by atoms with Crippen LogP contribution in [0.5, 0.6) is 5.75 Å². The molecule has 0 spiro atoms. The van der Waals surface area contributed by atoms with E-state index in [2.05, 4.69) is 5.32 Å². The van der Waals surface area contributed by atoms with Gasteiger partial charge in [0.1, 0.15) is 17.9 Å². The number of ether oxygens (including phenoxy) is 1. The van der Waals surface area contributed by atoms with Gasteiger partial charge in [0, 0.05) is 17.1 Å². The highest BCUT2D eigenvalue weighted by atomic mass is 16.5. The number of carboxylic acids is 1. The van der Waals surface area contributed by atoms with Gasteiger partial charge in [0.2, 0.25) is 0 Å². The second-order valence-corrected chi connectivity index (χ2v) is 4.79. The Balaban J connectivity index is 1.74. The SMILES string of the molecule is O=C([O-])COc1cccc(NC(=O)c2cc3ccccc3o2)c1. The number of hydrogen-bond acceptors (Lipinski definition) is 5. The van der Waals surface area contributed by atoms with Crippen molar-refractivity contribution in [2.45, 2.75) is 0 Å². The smallest absolute Gasteiger partial charge is 0.291 e. The first-order valence-electron chi connectivity index (χ1n) is 6.84. The molecule has 2 aromatic carbocycles. The monoisotopic (exact) mass is 310 g/mol. The number of nitrogens with one attached hydrogen (secondary N) is 1. The molecule has 0 saturated carbocycles. The Morgan fingerprint density at radius 1 is 1.09 bits per heavy atom. The summed E-state index contributed by atoms with van der Waals surface area (Å²) in [6.07, 6.45) is 0. The number of aliphatic carboxylic acids is 1. The first-order valence-corrected chi connectivity index (χ1v) is 6.84. The van der Waals surface area contributed by atoms with E-state index in [4.69, 9.17) is 9.15 Å². The Morgan fingerprint density at radius 3 is 2.70 bits per heavy atom.